The van der Waals surface area contributed by atoms with Crippen LogP contribution in [0.25, 0.3) is 10.9 Å². The fraction of sp³-hybridized carbons (Fsp3) is 0.190. The molecule has 0 unspecified atom stereocenters. The third-order valence-electron chi connectivity index (χ3n) is 4.50. The zero-order chi connectivity index (χ0) is 21.1. The molecule has 0 radical (unpaired) electrons. The van der Waals surface area contributed by atoms with Gasteiger partial charge in [-0.25, -0.2) is 9.59 Å². The number of ether oxygens (including phenoxy) is 3. The van der Waals surface area contributed by atoms with Gasteiger partial charge in [-0.2, -0.15) is 0 Å². The van der Waals surface area contributed by atoms with Crippen LogP contribution in [-0.2, 0) is 16.6 Å². The Hall–Kier alpha value is -4.01. The van der Waals surface area contributed by atoms with Crippen molar-refractivity contribution < 1.29 is 28.6 Å². The molecule has 3 amide bonds. The van der Waals surface area contributed by atoms with Gasteiger partial charge in [0.25, 0.3) is 5.91 Å². The normalized spacial score (nSPS) is 12.3. The molecule has 1 aliphatic heterocycles. The summed E-state index contributed by atoms with van der Waals surface area (Å²) in [5, 5.41) is 5.36. The molecular weight excluding hydrogens is 390 g/mol. The number of nitrogens with one attached hydrogen (secondary N) is 2. The summed E-state index contributed by atoms with van der Waals surface area (Å²) in [6.45, 7) is 0.298. The Kier molecular flexibility index (Phi) is 5.25. The summed E-state index contributed by atoms with van der Waals surface area (Å²) in [5.74, 6) is -0.300. The first-order chi connectivity index (χ1) is 14.5. The number of aromatic nitrogens is 1. The fourth-order valence-corrected chi connectivity index (χ4v) is 3.16. The van der Waals surface area contributed by atoms with Gasteiger partial charge in [0.1, 0.15) is 13.2 Å². The van der Waals surface area contributed by atoms with Crippen LogP contribution in [0, 0.1) is 0 Å². The zero-order valence-electron chi connectivity index (χ0n) is 16.1. The number of anilines is 1. The van der Waals surface area contributed by atoms with E-state index in [0.717, 1.165) is 10.9 Å². The van der Waals surface area contributed by atoms with E-state index in [1.54, 1.807) is 35.0 Å². The third kappa shape index (κ3) is 4.04. The van der Waals surface area contributed by atoms with Crippen LogP contribution >= 0.6 is 0 Å². The molecule has 3 aromatic rings. The van der Waals surface area contributed by atoms with Crippen LogP contribution in [0.2, 0.25) is 0 Å². The van der Waals surface area contributed by atoms with Gasteiger partial charge in [0.15, 0.2) is 18.1 Å². The first-order valence-corrected chi connectivity index (χ1v) is 9.23. The molecule has 0 fully saturated rings. The molecule has 0 saturated heterocycles. The summed E-state index contributed by atoms with van der Waals surface area (Å²) >= 11 is 0. The van der Waals surface area contributed by atoms with Crippen molar-refractivity contribution in [3.63, 3.8) is 0 Å². The molecule has 0 saturated carbocycles. The van der Waals surface area contributed by atoms with E-state index >= 15 is 0 Å². The quantitative estimate of drug-likeness (QED) is 0.641. The number of nitrogens with zero attached hydrogens (tertiary/aromatic N) is 1. The first-order valence-electron chi connectivity index (χ1n) is 9.23. The standard InChI is InChI=1S/C21H19N3O6/c1-24-11-15(14-4-2-3-5-16(14)24)20(26)30-12-19(25)23-21(27)22-13-6-7-17-18(10-13)29-9-8-28-17/h2-7,10-11H,8-9,12H2,1H3,(H2,22,23,25,27). The van der Waals surface area contributed by atoms with Crippen LogP contribution in [0.3, 0.4) is 0 Å². The SMILES string of the molecule is Cn1cc(C(=O)OCC(=O)NC(=O)Nc2ccc3c(c2)OCCO3)c2ccccc21. The van der Waals surface area contributed by atoms with Crippen molar-refractivity contribution in [1.29, 1.82) is 0 Å². The lowest BCUT2D eigenvalue weighted by Crippen LogP contribution is -2.37. The molecule has 1 aromatic heterocycles. The first kappa shape index (κ1) is 19.3. The molecular formula is C21H19N3O6. The molecule has 1 aliphatic rings. The molecule has 9 heteroatoms. The lowest BCUT2D eigenvalue weighted by molar-refractivity contribution is -0.123. The summed E-state index contributed by atoms with van der Waals surface area (Å²) in [6.07, 6.45) is 1.64. The van der Waals surface area contributed by atoms with Crippen LogP contribution in [0.5, 0.6) is 11.5 Å². The van der Waals surface area contributed by atoms with Crippen molar-refractivity contribution >= 4 is 34.5 Å². The molecule has 0 aliphatic carbocycles. The number of para-hydroxylation sites is 1. The molecule has 0 bridgehead atoms. The highest BCUT2D eigenvalue weighted by Crippen LogP contribution is 2.32. The van der Waals surface area contributed by atoms with Gasteiger partial charge in [-0.3, -0.25) is 10.1 Å². The van der Waals surface area contributed by atoms with Gasteiger partial charge in [-0.1, -0.05) is 18.2 Å². The van der Waals surface area contributed by atoms with Crippen molar-refractivity contribution in [3.05, 3.63) is 54.2 Å². The average molecular weight is 409 g/mol. The van der Waals surface area contributed by atoms with Gasteiger partial charge in [0.2, 0.25) is 0 Å². The van der Waals surface area contributed by atoms with E-state index in [-0.39, 0.29) is 0 Å². The highest BCUT2D eigenvalue weighted by atomic mass is 16.6. The molecule has 2 N–H and O–H groups in total. The Balaban J connectivity index is 1.31. The van der Waals surface area contributed by atoms with Gasteiger partial charge in [-0.15, -0.1) is 0 Å². The van der Waals surface area contributed by atoms with E-state index in [0.29, 0.717) is 36.0 Å². The third-order valence-corrected chi connectivity index (χ3v) is 4.50. The summed E-state index contributed by atoms with van der Waals surface area (Å²) in [5.41, 5.74) is 1.65. The number of aryl methyl sites for hydroxylation is 1. The Morgan fingerprint density at radius 1 is 1.07 bits per heavy atom. The number of urea groups is 1. The second-order valence-electron chi connectivity index (χ2n) is 6.61. The Morgan fingerprint density at radius 2 is 1.83 bits per heavy atom. The van der Waals surface area contributed by atoms with E-state index < -0.39 is 24.5 Å². The number of hydrogen-bond donors (Lipinski definition) is 2. The number of carbonyl (C=O) groups excluding carboxylic acids is 3. The molecule has 9 nitrogen and oxygen atoms in total. The Labute approximate surface area is 171 Å². The second kappa shape index (κ2) is 8.16. The van der Waals surface area contributed by atoms with Crippen LogP contribution in [0.1, 0.15) is 10.4 Å². The van der Waals surface area contributed by atoms with Crippen molar-refractivity contribution in [1.82, 2.24) is 9.88 Å². The number of benzene rings is 2. The predicted molar refractivity (Wildman–Crippen MR) is 108 cm³/mol. The maximum Gasteiger partial charge on any atom is 0.340 e. The van der Waals surface area contributed by atoms with E-state index in [2.05, 4.69) is 10.6 Å². The van der Waals surface area contributed by atoms with Gasteiger partial charge < -0.3 is 24.1 Å². The molecule has 2 heterocycles. The van der Waals surface area contributed by atoms with Crippen molar-refractivity contribution in [3.8, 4) is 11.5 Å². The summed E-state index contributed by atoms with van der Waals surface area (Å²) in [6, 6.07) is 11.5. The average Bonchev–Trinajstić information content (AvgIpc) is 3.09. The molecule has 0 atom stereocenters. The largest absolute Gasteiger partial charge is 0.486 e. The number of hydrogen-bond acceptors (Lipinski definition) is 6. The van der Waals surface area contributed by atoms with E-state index in [4.69, 9.17) is 14.2 Å². The smallest absolute Gasteiger partial charge is 0.340 e. The number of imide groups is 1. The highest BCUT2D eigenvalue weighted by molar-refractivity contribution is 6.06. The topological polar surface area (TPSA) is 108 Å². The van der Waals surface area contributed by atoms with Gasteiger partial charge in [0, 0.05) is 35.9 Å². The fourth-order valence-electron chi connectivity index (χ4n) is 3.16. The Bertz CT molecular complexity index is 1140. The molecule has 0 spiro atoms. The number of carbonyl (C=O) groups is 3. The molecule has 30 heavy (non-hydrogen) atoms. The minimum atomic E-state index is -0.752. The summed E-state index contributed by atoms with van der Waals surface area (Å²) < 4.78 is 17.7. The summed E-state index contributed by atoms with van der Waals surface area (Å²) in [7, 11) is 1.81. The van der Waals surface area contributed by atoms with Crippen LogP contribution in [0.4, 0.5) is 10.5 Å². The maximum absolute atomic E-state index is 12.3. The number of amides is 3. The number of fused-ring (bicyclic) bond motifs is 2. The van der Waals surface area contributed by atoms with Crippen LogP contribution in [0.15, 0.2) is 48.7 Å². The van der Waals surface area contributed by atoms with Crippen molar-refractivity contribution in [2.75, 3.05) is 25.1 Å². The van der Waals surface area contributed by atoms with E-state index in [1.807, 2.05) is 25.2 Å². The Morgan fingerprint density at radius 3 is 2.67 bits per heavy atom. The monoisotopic (exact) mass is 409 g/mol. The van der Waals surface area contributed by atoms with Crippen molar-refractivity contribution in [2.24, 2.45) is 7.05 Å². The number of rotatable bonds is 4. The zero-order valence-corrected chi connectivity index (χ0v) is 16.1. The lowest BCUT2D eigenvalue weighted by atomic mass is 10.2. The predicted octanol–water partition coefficient (Wildman–Crippen LogP) is 2.45. The second-order valence-corrected chi connectivity index (χ2v) is 6.61. The van der Waals surface area contributed by atoms with Crippen molar-refractivity contribution in [2.45, 2.75) is 0 Å². The number of esters is 1. The minimum Gasteiger partial charge on any atom is -0.486 e. The molecule has 4 rings (SSSR count). The maximum atomic E-state index is 12.3. The highest BCUT2D eigenvalue weighted by Gasteiger charge is 2.18. The van der Waals surface area contributed by atoms with Gasteiger partial charge in [-0.05, 0) is 18.2 Å². The lowest BCUT2D eigenvalue weighted by Gasteiger charge is -2.19. The molecule has 2 aromatic carbocycles. The van der Waals surface area contributed by atoms with Crippen LogP contribution < -0.4 is 20.1 Å². The van der Waals surface area contributed by atoms with E-state index in [1.165, 1.54) is 0 Å². The van der Waals surface area contributed by atoms with E-state index in [9.17, 15) is 14.4 Å². The molecule has 154 valence electrons. The van der Waals surface area contributed by atoms with Crippen LogP contribution in [-0.4, -0.2) is 42.3 Å². The van der Waals surface area contributed by atoms with Gasteiger partial charge in [0.05, 0.1) is 5.56 Å². The minimum absolute atomic E-state index is 0.349. The summed E-state index contributed by atoms with van der Waals surface area (Å²) in [4.78, 5) is 36.4. The van der Waals surface area contributed by atoms with Gasteiger partial charge >= 0.3 is 12.0 Å².